The Kier molecular flexibility index (Phi) is 7.77. The number of allylic oxidation sites excluding steroid dienone is 1. The first-order valence-corrected chi connectivity index (χ1v) is 12.2. The van der Waals surface area contributed by atoms with Gasteiger partial charge in [0.25, 0.3) is 0 Å². The molecular weight excluding hydrogens is 505 g/mol. The van der Waals surface area contributed by atoms with Crippen LogP contribution in [0.3, 0.4) is 0 Å². The van der Waals surface area contributed by atoms with Gasteiger partial charge < -0.3 is 25.3 Å². The van der Waals surface area contributed by atoms with E-state index in [0.29, 0.717) is 32.9 Å². The van der Waals surface area contributed by atoms with Crippen molar-refractivity contribution in [2.24, 2.45) is 5.73 Å². The summed E-state index contributed by atoms with van der Waals surface area (Å²) in [5.41, 5.74) is 11.5. The van der Waals surface area contributed by atoms with Gasteiger partial charge in [0.2, 0.25) is 5.62 Å². The number of benzene rings is 3. The van der Waals surface area contributed by atoms with Crippen molar-refractivity contribution in [2.75, 3.05) is 0 Å². The van der Waals surface area contributed by atoms with Gasteiger partial charge in [-0.15, -0.1) is 0 Å². The van der Waals surface area contributed by atoms with E-state index < -0.39 is 6.10 Å². The molecule has 5 N–H and O–H groups in total. The van der Waals surface area contributed by atoms with Crippen LogP contribution in [0.15, 0.2) is 72.6 Å². The van der Waals surface area contributed by atoms with Crippen LogP contribution in [0.1, 0.15) is 22.8 Å². The average Bonchev–Trinajstić information content (AvgIpc) is 3.07. The zero-order valence-corrected chi connectivity index (χ0v) is 21.4. The summed E-state index contributed by atoms with van der Waals surface area (Å²) in [4.78, 5) is 0. The Morgan fingerprint density at radius 2 is 1.74 bits per heavy atom. The Hall–Kier alpha value is -2.90. The maximum atomic E-state index is 10.9. The number of rotatable bonds is 8. The molecule has 0 fully saturated rings. The third-order valence-corrected chi connectivity index (χ3v) is 6.74. The predicted octanol–water partition coefficient (Wildman–Crippen LogP) is 5.51. The SMILES string of the molecule is Cc1ccc(CN/C=C(\N)Cn2c(=N)n(CC(O)c3ccc(Cl)c(Cl)c3)c3ccc(Cl)cc32)cc1. The van der Waals surface area contributed by atoms with Gasteiger partial charge in [-0.05, 0) is 48.4 Å². The molecule has 0 spiro atoms. The summed E-state index contributed by atoms with van der Waals surface area (Å²) in [5.74, 6) is 0. The van der Waals surface area contributed by atoms with Crippen LogP contribution < -0.4 is 16.7 Å². The summed E-state index contributed by atoms with van der Waals surface area (Å²) in [5, 5.41) is 24.3. The molecule has 0 amide bonds. The van der Waals surface area contributed by atoms with Crippen LogP contribution in [0, 0.1) is 12.3 Å². The summed E-state index contributed by atoms with van der Waals surface area (Å²) < 4.78 is 3.49. The highest BCUT2D eigenvalue weighted by Gasteiger charge is 2.17. The molecule has 1 heterocycles. The first kappa shape index (κ1) is 25.2. The number of aryl methyl sites for hydroxylation is 1. The lowest BCUT2D eigenvalue weighted by Gasteiger charge is -2.13. The van der Waals surface area contributed by atoms with Crippen molar-refractivity contribution in [3.05, 3.63) is 110 Å². The topological polar surface area (TPSA) is 92.0 Å². The summed E-state index contributed by atoms with van der Waals surface area (Å²) in [6, 6.07) is 18.7. The zero-order valence-electron chi connectivity index (χ0n) is 19.1. The number of nitrogens with zero attached hydrogens (tertiary/aromatic N) is 2. The molecule has 0 aliphatic heterocycles. The number of imidazole rings is 1. The van der Waals surface area contributed by atoms with E-state index >= 15 is 0 Å². The van der Waals surface area contributed by atoms with Gasteiger partial charge in [-0.1, -0.05) is 70.7 Å². The summed E-state index contributed by atoms with van der Waals surface area (Å²) in [6.07, 6.45) is 0.863. The number of aromatic nitrogens is 2. The molecular formula is C26H26Cl3N5O. The zero-order chi connectivity index (χ0) is 25.1. The van der Waals surface area contributed by atoms with Crippen LogP contribution in [0.25, 0.3) is 11.0 Å². The Morgan fingerprint density at radius 3 is 2.46 bits per heavy atom. The molecule has 0 radical (unpaired) electrons. The molecule has 0 bridgehead atoms. The molecule has 1 aromatic heterocycles. The number of fused-ring (bicyclic) bond motifs is 1. The third kappa shape index (κ3) is 5.85. The predicted molar refractivity (Wildman–Crippen MR) is 143 cm³/mol. The Labute approximate surface area is 218 Å². The van der Waals surface area contributed by atoms with Crippen molar-refractivity contribution in [3.8, 4) is 0 Å². The number of aliphatic hydroxyl groups excluding tert-OH is 1. The largest absolute Gasteiger partial charge is 0.399 e. The minimum Gasteiger partial charge on any atom is -0.399 e. The van der Waals surface area contributed by atoms with Crippen molar-refractivity contribution in [3.63, 3.8) is 0 Å². The van der Waals surface area contributed by atoms with E-state index in [0.717, 1.165) is 16.6 Å². The highest BCUT2D eigenvalue weighted by Crippen LogP contribution is 2.27. The molecule has 1 unspecified atom stereocenters. The second kappa shape index (κ2) is 10.8. The monoisotopic (exact) mass is 529 g/mol. The van der Waals surface area contributed by atoms with E-state index in [4.69, 9.17) is 45.9 Å². The summed E-state index contributed by atoms with van der Waals surface area (Å²) in [7, 11) is 0. The highest BCUT2D eigenvalue weighted by atomic mass is 35.5. The quantitative estimate of drug-likeness (QED) is 0.242. The van der Waals surface area contributed by atoms with Crippen LogP contribution in [-0.4, -0.2) is 14.2 Å². The van der Waals surface area contributed by atoms with Crippen LogP contribution in [0.5, 0.6) is 0 Å². The third-order valence-electron chi connectivity index (χ3n) is 5.77. The maximum Gasteiger partial charge on any atom is 0.203 e. The van der Waals surface area contributed by atoms with Crippen molar-refractivity contribution >= 4 is 45.8 Å². The van der Waals surface area contributed by atoms with Crippen LogP contribution in [0.4, 0.5) is 0 Å². The number of halogens is 3. The summed E-state index contributed by atoms with van der Waals surface area (Å²) >= 11 is 18.4. The fraction of sp³-hybridized carbons (Fsp3) is 0.192. The molecule has 3 aromatic carbocycles. The molecule has 9 heteroatoms. The molecule has 0 aliphatic rings. The lowest BCUT2D eigenvalue weighted by atomic mass is 10.1. The van der Waals surface area contributed by atoms with E-state index in [-0.39, 0.29) is 18.7 Å². The molecule has 4 rings (SSSR count). The number of hydrogen-bond donors (Lipinski definition) is 4. The van der Waals surface area contributed by atoms with E-state index in [1.807, 2.05) is 6.07 Å². The van der Waals surface area contributed by atoms with Crippen LogP contribution in [0.2, 0.25) is 15.1 Å². The fourth-order valence-corrected chi connectivity index (χ4v) is 4.36. The van der Waals surface area contributed by atoms with Crippen molar-refractivity contribution in [1.29, 1.82) is 5.41 Å². The van der Waals surface area contributed by atoms with Gasteiger partial charge in [-0.3, -0.25) is 5.41 Å². The minimum atomic E-state index is -0.891. The highest BCUT2D eigenvalue weighted by molar-refractivity contribution is 6.42. The average molecular weight is 531 g/mol. The molecule has 0 saturated carbocycles. The second-order valence-electron chi connectivity index (χ2n) is 8.43. The van der Waals surface area contributed by atoms with E-state index in [1.165, 1.54) is 5.56 Å². The number of hydrogen-bond acceptors (Lipinski definition) is 4. The van der Waals surface area contributed by atoms with Gasteiger partial charge in [0.1, 0.15) is 0 Å². The Morgan fingerprint density at radius 1 is 1.00 bits per heavy atom. The fourth-order valence-electron chi connectivity index (χ4n) is 3.89. The molecule has 6 nitrogen and oxygen atoms in total. The molecule has 0 saturated heterocycles. The number of aliphatic hydroxyl groups is 1. The Bertz CT molecular complexity index is 1440. The van der Waals surface area contributed by atoms with E-state index in [2.05, 4.69) is 36.5 Å². The first-order valence-electron chi connectivity index (χ1n) is 11.0. The van der Waals surface area contributed by atoms with Crippen LogP contribution in [-0.2, 0) is 19.6 Å². The standard InChI is InChI=1S/C26H26Cl3N5O/c1-16-2-4-17(5-3-16)12-32-13-20(30)14-33-24-11-19(27)7-9-23(24)34(26(33)31)15-25(35)18-6-8-21(28)22(29)10-18/h2-11,13,25,31-32,35H,12,14-15,30H2,1H3/b20-13-,31-26?. The van der Waals surface area contributed by atoms with Gasteiger partial charge in [-0.2, -0.15) is 0 Å². The van der Waals surface area contributed by atoms with Crippen LogP contribution >= 0.6 is 34.8 Å². The maximum absolute atomic E-state index is 10.9. The molecule has 0 aliphatic carbocycles. The second-order valence-corrected chi connectivity index (χ2v) is 9.68. The number of nitrogens with one attached hydrogen (secondary N) is 2. The molecule has 35 heavy (non-hydrogen) atoms. The minimum absolute atomic E-state index is 0.150. The van der Waals surface area contributed by atoms with E-state index in [1.54, 1.807) is 45.7 Å². The lowest BCUT2D eigenvalue weighted by Crippen LogP contribution is -2.28. The smallest absolute Gasteiger partial charge is 0.203 e. The van der Waals surface area contributed by atoms with Gasteiger partial charge in [-0.25, -0.2) is 0 Å². The van der Waals surface area contributed by atoms with Crippen molar-refractivity contribution in [2.45, 2.75) is 32.7 Å². The van der Waals surface area contributed by atoms with Gasteiger partial charge >= 0.3 is 0 Å². The van der Waals surface area contributed by atoms with Crippen molar-refractivity contribution < 1.29 is 5.11 Å². The molecule has 4 aromatic rings. The normalized spacial score (nSPS) is 12.8. The van der Waals surface area contributed by atoms with Gasteiger partial charge in [0.15, 0.2) is 0 Å². The lowest BCUT2D eigenvalue weighted by molar-refractivity contribution is 0.155. The Balaban J connectivity index is 1.58. The number of nitrogens with two attached hydrogens (primary N) is 1. The van der Waals surface area contributed by atoms with Gasteiger partial charge in [0, 0.05) is 23.5 Å². The summed E-state index contributed by atoms with van der Waals surface area (Å²) in [6.45, 7) is 3.13. The van der Waals surface area contributed by atoms with Gasteiger partial charge in [0.05, 0.1) is 40.3 Å². The first-order chi connectivity index (χ1) is 16.7. The molecule has 1 atom stereocenters. The van der Waals surface area contributed by atoms with E-state index in [9.17, 15) is 5.11 Å². The van der Waals surface area contributed by atoms with Crippen molar-refractivity contribution in [1.82, 2.24) is 14.5 Å². The molecule has 182 valence electrons.